The van der Waals surface area contributed by atoms with Crippen LogP contribution in [-0.4, -0.2) is 36.4 Å². The minimum atomic E-state index is 0.0100. The Kier molecular flexibility index (Phi) is 6.60. The van der Waals surface area contributed by atoms with Crippen LogP contribution in [-0.2, 0) is 4.79 Å². The van der Waals surface area contributed by atoms with E-state index in [4.69, 9.17) is 0 Å². The molecule has 2 aliphatic carbocycles. The molecule has 160 valence electrons. The highest BCUT2D eigenvalue weighted by Gasteiger charge is 2.22. The zero-order valence-corrected chi connectivity index (χ0v) is 18.1. The first-order valence-corrected chi connectivity index (χ1v) is 11.0. The Morgan fingerprint density at radius 2 is 2.10 bits per heavy atom. The van der Waals surface area contributed by atoms with Crippen LogP contribution in [0.4, 0.5) is 0 Å². The van der Waals surface area contributed by atoms with E-state index >= 15 is 0 Å². The largest absolute Gasteiger partial charge is 0.329 e. The molecular formula is C26H30N4O. The molecule has 0 spiro atoms. The molecule has 4 aliphatic rings. The highest BCUT2D eigenvalue weighted by molar-refractivity contribution is 6.01. The van der Waals surface area contributed by atoms with E-state index in [2.05, 4.69) is 40.1 Å². The van der Waals surface area contributed by atoms with E-state index in [1.165, 1.54) is 19.3 Å². The zero-order valence-electron chi connectivity index (χ0n) is 18.1. The third kappa shape index (κ3) is 5.69. The highest BCUT2D eigenvalue weighted by Crippen LogP contribution is 2.35. The second kappa shape index (κ2) is 9.73. The molecule has 0 saturated heterocycles. The molecule has 1 saturated carbocycles. The number of carbonyl (C=O) groups is 1. The average molecular weight is 415 g/mol. The van der Waals surface area contributed by atoms with Crippen LogP contribution in [0.1, 0.15) is 25.7 Å². The lowest BCUT2D eigenvalue weighted by Crippen LogP contribution is -2.42. The second-order valence-electron chi connectivity index (χ2n) is 8.44. The molecule has 4 rings (SSSR count). The van der Waals surface area contributed by atoms with E-state index in [-0.39, 0.29) is 18.2 Å². The predicted octanol–water partition coefficient (Wildman–Crippen LogP) is 4.47. The number of guanidine groups is 1. The third-order valence-electron chi connectivity index (χ3n) is 6.01. The van der Waals surface area contributed by atoms with Crippen molar-refractivity contribution in [2.24, 2.45) is 27.7 Å². The van der Waals surface area contributed by atoms with Crippen molar-refractivity contribution in [3.63, 3.8) is 0 Å². The number of Topliss-reactive ketones (excluding diaryl/α,β-unsaturated/α-hetero) is 1. The highest BCUT2D eigenvalue weighted by atomic mass is 16.1. The van der Waals surface area contributed by atoms with Crippen LogP contribution in [0.3, 0.4) is 0 Å². The van der Waals surface area contributed by atoms with Crippen LogP contribution in [0.2, 0.25) is 0 Å². The van der Waals surface area contributed by atoms with Gasteiger partial charge in [-0.25, -0.2) is 4.99 Å². The second-order valence-corrected chi connectivity index (χ2v) is 8.44. The minimum Gasteiger partial charge on any atom is -0.329 e. The molecule has 0 aromatic carbocycles. The van der Waals surface area contributed by atoms with Gasteiger partial charge >= 0.3 is 0 Å². The maximum absolute atomic E-state index is 12.8. The number of nitrogens with zero attached hydrogens (tertiary/aromatic N) is 3. The van der Waals surface area contributed by atoms with Gasteiger partial charge in [-0.1, -0.05) is 62.0 Å². The molecule has 2 heterocycles. The standard InChI is InChI=1S/C26H30N4O/c1-19-17-24(22-7-4-15-27-16-14-22)29-26(30(19)2)28-18-25(31)23-6-3-5-20(12-13-23)8-9-21-10-11-21/h3-7,12-17,20-22H,1,8-11,18H2,2H3,(H,28,29). The lowest BCUT2D eigenvalue weighted by molar-refractivity contribution is -0.114. The molecule has 0 radical (unpaired) electrons. The quantitative estimate of drug-likeness (QED) is 0.669. The van der Waals surface area contributed by atoms with Crippen LogP contribution >= 0.6 is 0 Å². The molecule has 0 amide bonds. The summed E-state index contributed by atoms with van der Waals surface area (Å²) in [6.45, 7) is 4.21. The van der Waals surface area contributed by atoms with Gasteiger partial charge in [-0.05, 0) is 36.8 Å². The molecular weight excluding hydrogens is 384 g/mol. The predicted molar refractivity (Wildman–Crippen MR) is 128 cm³/mol. The fourth-order valence-electron chi connectivity index (χ4n) is 3.77. The molecule has 1 N–H and O–H groups in total. The number of allylic oxidation sites excluding steroid dienone is 8. The van der Waals surface area contributed by atoms with Gasteiger partial charge in [0.1, 0.15) is 6.54 Å². The normalized spacial score (nSPS) is 26.4. The van der Waals surface area contributed by atoms with E-state index in [0.717, 1.165) is 23.7 Å². The van der Waals surface area contributed by atoms with Gasteiger partial charge in [0.15, 0.2) is 5.78 Å². The number of likely N-dealkylation sites (N-methyl/N-ethyl adjacent to an activating group) is 1. The summed E-state index contributed by atoms with van der Waals surface area (Å²) in [4.78, 5) is 23.4. The summed E-state index contributed by atoms with van der Waals surface area (Å²) in [6, 6.07) is 0. The number of ketones is 1. The van der Waals surface area contributed by atoms with E-state index < -0.39 is 0 Å². The van der Waals surface area contributed by atoms with Crippen LogP contribution in [0, 0.1) is 17.8 Å². The number of hydrogen-bond acceptors (Lipinski definition) is 3. The Bertz CT molecular complexity index is 953. The molecule has 2 aliphatic heterocycles. The van der Waals surface area contributed by atoms with Crippen LogP contribution in [0.25, 0.3) is 0 Å². The number of nitrogens with one attached hydrogen (secondary N) is 1. The SMILES string of the molecule is C=C1C=C(C2C=CC=NC=C2)NC(=NCC(=O)C2=CC=CC(CCC3CC3)C=C2)N1C. The lowest BCUT2D eigenvalue weighted by Gasteiger charge is -2.30. The van der Waals surface area contributed by atoms with E-state index in [0.29, 0.717) is 17.5 Å². The first-order chi connectivity index (χ1) is 15.1. The van der Waals surface area contributed by atoms with Crippen LogP contribution in [0.5, 0.6) is 0 Å². The van der Waals surface area contributed by atoms with Gasteiger partial charge in [0, 0.05) is 42.3 Å². The molecule has 0 aromatic heterocycles. The first-order valence-electron chi connectivity index (χ1n) is 11.0. The molecule has 5 nitrogen and oxygen atoms in total. The van der Waals surface area contributed by atoms with Gasteiger partial charge in [0.2, 0.25) is 5.96 Å². The van der Waals surface area contributed by atoms with Crippen LogP contribution in [0.15, 0.2) is 94.4 Å². The first kappa shape index (κ1) is 21.0. The average Bonchev–Trinajstić information content (AvgIpc) is 3.61. The summed E-state index contributed by atoms with van der Waals surface area (Å²) in [5, 5.41) is 3.36. The molecule has 0 bridgehead atoms. The minimum absolute atomic E-state index is 0.0100. The Balaban J connectivity index is 1.39. The number of carbonyl (C=O) groups excluding carboxylic acids is 1. The van der Waals surface area contributed by atoms with Crippen molar-refractivity contribution in [1.82, 2.24) is 10.2 Å². The number of hydrogen-bond donors (Lipinski definition) is 1. The molecule has 0 aromatic rings. The van der Waals surface area contributed by atoms with Gasteiger partial charge in [0.05, 0.1) is 0 Å². The maximum atomic E-state index is 12.8. The van der Waals surface area contributed by atoms with E-state index in [9.17, 15) is 4.79 Å². The molecule has 31 heavy (non-hydrogen) atoms. The molecule has 2 atom stereocenters. The van der Waals surface area contributed by atoms with Crippen LogP contribution < -0.4 is 5.32 Å². The van der Waals surface area contributed by atoms with E-state index in [1.54, 1.807) is 12.4 Å². The van der Waals surface area contributed by atoms with Gasteiger partial charge in [-0.15, -0.1) is 0 Å². The summed E-state index contributed by atoms with van der Waals surface area (Å²) >= 11 is 0. The van der Waals surface area contributed by atoms with Crippen molar-refractivity contribution in [1.29, 1.82) is 0 Å². The van der Waals surface area contributed by atoms with Crippen molar-refractivity contribution in [3.05, 3.63) is 84.4 Å². The lowest BCUT2D eigenvalue weighted by atomic mass is 10.0. The number of rotatable bonds is 7. The summed E-state index contributed by atoms with van der Waals surface area (Å²) < 4.78 is 0. The number of aliphatic imine (C=N–C) groups is 2. The van der Waals surface area contributed by atoms with Gasteiger partial charge in [-0.2, -0.15) is 0 Å². The van der Waals surface area contributed by atoms with Crippen molar-refractivity contribution >= 4 is 18.0 Å². The summed E-state index contributed by atoms with van der Waals surface area (Å²) in [5.74, 6) is 2.04. The van der Waals surface area contributed by atoms with Gasteiger partial charge in [0.25, 0.3) is 0 Å². The zero-order chi connectivity index (χ0) is 21.6. The fraction of sp³-hybridized carbons (Fsp3) is 0.346. The monoisotopic (exact) mass is 414 g/mol. The van der Waals surface area contributed by atoms with Gasteiger partial charge < -0.3 is 10.2 Å². The van der Waals surface area contributed by atoms with Crippen molar-refractivity contribution in [3.8, 4) is 0 Å². The van der Waals surface area contributed by atoms with E-state index in [1.807, 2.05) is 48.4 Å². The maximum Gasteiger partial charge on any atom is 0.202 e. The van der Waals surface area contributed by atoms with Gasteiger partial charge in [-0.3, -0.25) is 9.79 Å². The van der Waals surface area contributed by atoms with Crippen molar-refractivity contribution in [2.45, 2.75) is 25.7 Å². The smallest absolute Gasteiger partial charge is 0.202 e. The summed E-state index contributed by atoms with van der Waals surface area (Å²) in [5.41, 5.74) is 2.48. The Hall–Kier alpha value is -3.21. The molecule has 5 heteroatoms. The Morgan fingerprint density at radius 3 is 2.94 bits per heavy atom. The molecule has 1 fully saturated rings. The third-order valence-corrected chi connectivity index (χ3v) is 6.01. The fourth-order valence-corrected chi connectivity index (χ4v) is 3.77. The van der Waals surface area contributed by atoms with Crippen molar-refractivity contribution < 1.29 is 4.79 Å². The van der Waals surface area contributed by atoms with Crippen molar-refractivity contribution in [2.75, 3.05) is 13.6 Å². The molecule has 2 unspecified atom stereocenters. The topological polar surface area (TPSA) is 57.1 Å². The Labute approximate surface area is 184 Å². The summed E-state index contributed by atoms with van der Waals surface area (Å²) in [7, 11) is 1.89. The Morgan fingerprint density at radius 1 is 1.23 bits per heavy atom. The summed E-state index contributed by atoms with van der Waals surface area (Å²) in [6.07, 6.45) is 27.0.